The SMILES string of the molecule is CC(C)(C)C(=O)/C=C(\N)C(F)(F)C(F)(F)C(F)(F)F. The van der Waals surface area contributed by atoms with E-state index in [0.29, 0.717) is 0 Å². The Morgan fingerprint density at radius 2 is 1.32 bits per heavy atom. The number of carbonyl (C=O) groups is 1. The summed E-state index contributed by atoms with van der Waals surface area (Å²) in [6.07, 6.45) is -6.58. The van der Waals surface area contributed by atoms with E-state index in [-0.39, 0.29) is 6.08 Å². The number of alkyl halides is 7. The second-order valence-corrected chi connectivity index (χ2v) is 4.86. The van der Waals surface area contributed by atoms with Crippen LogP contribution in [0.3, 0.4) is 0 Å². The Morgan fingerprint density at radius 3 is 1.58 bits per heavy atom. The lowest BCUT2D eigenvalue weighted by Crippen LogP contribution is -2.54. The second-order valence-electron chi connectivity index (χ2n) is 4.86. The van der Waals surface area contributed by atoms with Gasteiger partial charge >= 0.3 is 18.0 Å². The normalized spacial score (nSPS) is 15.6. The molecule has 112 valence electrons. The van der Waals surface area contributed by atoms with Crippen LogP contribution < -0.4 is 5.73 Å². The highest BCUT2D eigenvalue weighted by molar-refractivity contribution is 5.94. The molecule has 0 unspecified atom stereocenters. The fourth-order valence-corrected chi connectivity index (χ4v) is 0.808. The first-order valence-corrected chi connectivity index (χ1v) is 4.89. The molecule has 0 aliphatic carbocycles. The molecule has 0 spiro atoms. The Hall–Kier alpha value is -1.28. The Kier molecular flexibility index (Phi) is 4.36. The molecule has 0 aliphatic heterocycles. The predicted octanol–water partition coefficient (Wildman–Crippen LogP) is 3.28. The number of carbonyl (C=O) groups excluding carboxylic acids is 1. The van der Waals surface area contributed by atoms with Crippen molar-refractivity contribution in [2.24, 2.45) is 11.1 Å². The minimum absolute atomic E-state index is 0.0976. The summed E-state index contributed by atoms with van der Waals surface area (Å²) >= 11 is 0. The van der Waals surface area contributed by atoms with Crippen LogP contribution in [-0.2, 0) is 4.79 Å². The lowest BCUT2D eigenvalue weighted by atomic mass is 9.89. The van der Waals surface area contributed by atoms with E-state index in [0.717, 1.165) is 0 Å². The van der Waals surface area contributed by atoms with Gasteiger partial charge in [0.25, 0.3) is 0 Å². The van der Waals surface area contributed by atoms with Crippen LogP contribution in [0.5, 0.6) is 0 Å². The Bertz CT molecular complexity index is 390. The molecule has 0 aromatic carbocycles. The average molecular weight is 295 g/mol. The van der Waals surface area contributed by atoms with E-state index >= 15 is 0 Å². The van der Waals surface area contributed by atoms with Crippen molar-refractivity contribution in [1.29, 1.82) is 0 Å². The maximum Gasteiger partial charge on any atom is 0.460 e. The molecular formula is C10H12F7NO. The Balaban J connectivity index is 5.57. The van der Waals surface area contributed by atoms with E-state index < -0.39 is 34.9 Å². The summed E-state index contributed by atoms with van der Waals surface area (Å²) in [6.45, 7) is 3.79. The third-order valence-electron chi connectivity index (χ3n) is 2.14. The van der Waals surface area contributed by atoms with Gasteiger partial charge in [-0.1, -0.05) is 20.8 Å². The zero-order chi connectivity index (χ0) is 15.9. The highest BCUT2D eigenvalue weighted by Gasteiger charge is 2.74. The molecule has 0 heterocycles. The predicted molar refractivity (Wildman–Crippen MR) is 52.7 cm³/mol. The topological polar surface area (TPSA) is 43.1 Å². The van der Waals surface area contributed by atoms with Crippen LogP contribution in [0.25, 0.3) is 0 Å². The fraction of sp³-hybridized carbons (Fsp3) is 0.700. The third-order valence-corrected chi connectivity index (χ3v) is 2.14. The van der Waals surface area contributed by atoms with Crippen molar-refractivity contribution < 1.29 is 35.5 Å². The van der Waals surface area contributed by atoms with Crippen molar-refractivity contribution in [3.63, 3.8) is 0 Å². The van der Waals surface area contributed by atoms with Crippen LogP contribution in [0.15, 0.2) is 11.8 Å². The van der Waals surface area contributed by atoms with Crippen molar-refractivity contribution in [1.82, 2.24) is 0 Å². The van der Waals surface area contributed by atoms with Crippen molar-refractivity contribution in [2.45, 2.75) is 38.8 Å². The minimum atomic E-state index is -6.49. The lowest BCUT2D eigenvalue weighted by molar-refractivity contribution is -0.344. The van der Waals surface area contributed by atoms with E-state index in [4.69, 9.17) is 0 Å². The van der Waals surface area contributed by atoms with Gasteiger partial charge in [0.15, 0.2) is 5.78 Å². The number of hydrogen-bond acceptors (Lipinski definition) is 2. The Labute approximate surface area is 104 Å². The first-order chi connectivity index (χ1) is 8.05. The maximum absolute atomic E-state index is 13.0. The van der Waals surface area contributed by atoms with Crippen molar-refractivity contribution in [2.75, 3.05) is 0 Å². The number of hydrogen-bond donors (Lipinski definition) is 1. The summed E-state index contributed by atoms with van der Waals surface area (Å²) < 4.78 is 86.8. The molecule has 0 aromatic rings. The maximum atomic E-state index is 13.0. The number of rotatable bonds is 3. The fourth-order valence-electron chi connectivity index (χ4n) is 0.808. The smallest absolute Gasteiger partial charge is 0.397 e. The molecular weight excluding hydrogens is 283 g/mol. The minimum Gasteiger partial charge on any atom is -0.397 e. The molecule has 0 atom stereocenters. The number of halogens is 7. The van der Waals surface area contributed by atoms with E-state index in [2.05, 4.69) is 5.73 Å². The van der Waals surface area contributed by atoms with E-state index in [1.807, 2.05) is 0 Å². The van der Waals surface area contributed by atoms with Gasteiger partial charge in [0.05, 0.1) is 5.70 Å². The van der Waals surface area contributed by atoms with Crippen LogP contribution >= 0.6 is 0 Å². The molecule has 0 aliphatic rings. The van der Waals surface area contributed by atoms with E-state index in [9.17, 15) is 35.5 Å². The molecule has 0 saturated carbocycles. The van der Waals surface area contributed by atoms with E-state index in [1.54, 1.807) is 0 Å². The number of ketones is 1. The molecule has 0 radical (unpaired) electrons. The van der Waals surface area contributed by atoms with Gasteiger partial charge in [-0.05, 0) is 0 Å². The summed E-state index contributed by atoms with van der Waals surface area (Å²) in [7, 11) is 0. The summed E-state index contributed by atoms with van der Waals surface area (Å²) in [5.74, 6) is -13.2. The Morgan fingerprint density at radius 1 is 0.947 bits per heavy atom. The van der Waals surface area contributed by atoms with Crippen LogP contribution in [0.2, 0.25) is 0 Å². The zero-order valence-electron chi connectivity index (χ0n) is 10.2. The van der Waals surface area contributed by atoms with Crippen LogP contribution in [0.4, 0.5) is 30.7 Å². The van der Waals surface area contributed by atoms with Gasteiger partial charge in [-0.25, -0.2) is 0 Å². The summed E-state index contributed by atoms with van der Waals surface area (Å²) in [4.78, 5) is 11.3. The van der Waals surface area contributed by atoms with Gasteiger partial charge in [0.2, 0.25) is 0 Å². The van der Waals surface area contributed by atoms with Gasteiger partial charge in [-0.2, -0.15) is 30.7 Å². The highest BCUT2D eigenvalue weighted by atomic mass is 19.4. The lowest BCUT2D eigenvalue weighted by Gasteiger charge is -2.28. The van der Waals surface area contributed by atoms with Gasteiger partial charge in [0, 0.05) is 11.5 Å². The molecule has 9 heteroatoms. The molecule has 0 amide bonds. The quantitative estimate of drug-likeness (QED) is 0.641. The molecule has 2 nitrogen and oxygen atoms in total. The van der Waals surface area contributed by atoms with Gasteiger partial charge in [0.1, 0.15) is 0 Å². The average Bonchev–Trinajstić information content (AvgIpc) is 2.13. The third kappa shape index (κ3) is 3.38. The summed E-state index contributed by atoms with van der Waals surface area (Å²) in [5.41, 5.74) is 1.17. The monoisotopic (exact) mass is 295 g/mol. The highest BCUT2D eigenvalue weighted by Crippen LogP contribution is 2.48. The van der Waals surface area contributed by atoms with E-state index in [1.165, 1.54) is 20.8 Å². The van der Waals surface area contributed by atoms with Crippen LogP contribution in [-0.4, -0.2) is 23.8 Å². The molecule has 19 heavy (non-hydrogen) atoms. The van der Waals surface area contributed by atoms with Crippen molar-refractivity contribution in [3.8, 4) is 0 Å². The van der Waals surface area contributed by atoms with Crippen molar-refractivity contribution in [3.05, 3.63) is 11.8 Å². The molecule has 0 fully saturated rings. The largest absolute Gasteiger partial charge is 0.460 e. The summed E-state index contributed by atoms with van der Waals surface area (Å²) in [6, 6.07) is 0. The first kappa shape index (κ1) is 17.7. The molecule has 0 bridgehead atoms. The van der Waals surface area contributed by atoms with Gasteiger partial charge in [-0.15, -0.1) is 0 Å². The standard InChI is InChI=1S/C10H12F7NO/c1-7(2,3)6(19)4-5(18)8(11,12)9(13,14)10(15,16)17/h4H,18H2,1-3H3/b5-4-. The van der Waals surface area contributed by atoms with Gasteiger partial charge < -0.3 is 5.73 Å². The van der Waals surface area contributed by atoms with Crippen LogP contribution in [0, 0.1) is 5.41 Å². The van der Waals surface area contributed by atoms with Crippen LogP contribution in [0.1, 0.15) is 20.8 Å². The number of nitrogens with two attached hydrogens (primary N) is 1. The van der Waals surface area contributed by atoms with Crippen molar-refractivity contribution >= 4 is 5.78 Å². The number of allylic oxidation sites excluding steroid dienone is 2. The second kappa shape index (κ2) is 4.68. The molecule has 0 aromatic heterocycles. The zero-order valence-corrected chi connectivity index (χ0v) is 10.2. The molecule has 0 saturated heterocycles. The molecule has 0 rings (SSSR count). The summed E-state index contributed by atoms with van der Waals surface area (Å²) in [5, 5.41) is 0. The first-order valence-electron chi connectivity index (χ1n) is 4.89. The molecule has 2 N–H and O–H groups in total. The van der Waals surface area contributed by atoms with Gasteiger partial charge in [-0.3, -0.25) is 4.79 Å².